The number of carbonyl (C=O) groups is 1. The van der Waals surface area contributed by atoms with E-state index in [-0.39, 0.29) is 12.1 Å². The monoisotopic (exact) mass is 296 g/mol. The average molecular weight is 296 g/mol. The second-order valence-electron chi connectivity index (χ2n) is 6.42. The second-order valence-corrected chi connectivity index (χ2v) is 6.42. The van der Waals surface area contributed by atoms with E-state index in [9.17, 15) is 4.79 Å². The van der Waals surface area contributed by atoms with E-state index in [0.717, 1.165) is 25.7 Å². The fourth-order valence-corrected chi connectivity index (χ4v) is 2.47. The normalized spacial score (nSPS) is 22.8. The van der Waals surface area contributed by atoms with Crippen LogP contribution in [0.15, 0.2) is 0 Å². The first-order valence-corrected chi connectivity index (χ1v) is 7.37. The smallest absolute Gasteiger partial charge is 0.407 e. The van der Waals surface area contributed by atoms with Gasteiger partial charge in [-0.1, -0.05) is 5.21 Å². The van der Waals surface area contributed by atoms with Gasteiger partial charge in [-0.25, -0.2) is 4.79 Å². The molecule has 1 aromatic heterocycles. The zero-order valence-corrected chi connectivity index (χ0v) is 12.8. The molecule has 1 aliphatic carbocycles. The first kappa shape index (κ1) is 15.7. The number of alkyl carbamates (subject to hydrolysis) is 1. The lowest BCUT2D eigenvalue weighted by Crippen LogP contribution is -2.45. The highest BCUT2D eigenvalue weighted by molar-refractivity contribution is 5.68. The molecule has 1 aromatic rings. The third-order valence-corrected chi connectivity index (χ3v) is 3.33. The summed E-state index contributed by atoms with van der Waals surface area (Å²) in [5, 5.41) is 20.1. The number of tetrazole rings is 1. The summed E-state index contributed by atoms with van der Waals surface area (Å²) in [5.41, 5.74) is -0.463. The van der Waals surface area contributed by atoms with Crippen molar-refractivity contribution in [2.24, 2.45) is 0 Å². The number of ether oxygens (including phenoxy) is 1. The van der Waals surface area contributed by atoms with E-state index < -0.39 is 5.60 Å². The highest BCUT2D eigenvalue weighted by Gasteiger charge is 2.25. The second kappa shape index (κ2) is 6.84. The summed E-state index contributed by atoms with van der Waals surface area (Å²) in [4.78, 5) is 11.8. The van der Waals surface area contributed by atoms with Crippen LogP contribution >= 0.6 is 0 Å². The quantitative estimate of drug-likeness (QED) is 0.769. The summed E-state index contributed by atoms with van der Waals surface area (Å²) in [5.74, 6) is 0.650. The maximum atomic E-state index is 11.8. The Kier molecular flexibility index (Phi) is 5.11. The van der Waals surface area contributed by atoms with Crippen LogP contribution in [0.5, 0.6) is 0 Å². The summed E-state index contributed by atoms with van der Waals surface area (Å²) in [6.07, 6.45) is 3.69. The van der Waals surface area contributed by atoms with E-state index in [1.807, 2.05) is 20.8 Å². The number of H-pyrrole nitrogens is 1. The molecule has 3 N–H and O–H groups in total. The largest absolute Gasteiger partial charge is 0.444 e. The minimum atomic E-state index is -0.463. The van der Waals surface area contributed by atoms with Gasteiger partial charge in [-0.2, -0.15) is 5.21 Å². The van der Waals surface area contributed by atoms with E-state index >= 15 is 0 Å². The molecule has 0 spiro atoms. The van der Waals surface area contributed by atoms with Crippen LogP contribution < -0.4 is 10.6 Å². The Labute approximate surface area is 124 Å². The van der Waals surface area contributed by atoms with Crippen molar-refractivity contribution in [1.82, 2.24) is 31.3 Å². The van der Waals surface area contributed by atoms with Crippen LogP contribution in [0, 0.1) is 0 Å². The highest BCUT2D eigenvalue weighted by Crippen LogP contribution is 2.19. The van der Waals surface area contributed by atoms with Gasteiger partial charge >= 0.3 is 6.09 Å². The standard InChI is InChI=1S/C13H24N6O2/c1-13(2,3)21-12(20)15-10-6-4-5-9(7-10)14-8-11-16-18-19-17-11/h9-10,14H,4-8H2,1-3H3,(H,15,20)(H,16,17,18,19). The van der Waals surface area contributed by atoms with E-state index in [4.69, 9.17) is 4.74 Å². The summed E-state index contributed by atoms with van der Waals surface area (Å²) < 4.78 is 5.29. The zero-order valence-electron chi connectivity index (χ0n) is 12.8. The number of nitrogens with one attached hydrogen (secondary N) is 3. The number of rotatable bonds is 4. The zero-order chi connectivity index (χ0) is 15.3. The molecule has 2 atom stereocenters. The molecular formula is C13H24N6O2. The summed E-state index contributed by atoms with van der Waals surface area (Å²) in [6.45, 7) is 6.18. The van der Waals surface area contributed by atoms with Crippen molar-refractivity contribution in [1.29, 1.82) is 0 Å². The molecule has 21 heavy (non-hydrogen) atoms. The van der Waals surface area contributed by atoms with Crippen LogP contribution in [-0.4, -0.2) is 44.4 Å². The SMILES string of the molecule is CC(C)(C)OC(=O)NC1CCCC(NCc2nn[nH]n2)C1. The van der Waals surface area contributed by atoms with Gasteiger partial charge in [0, 0.05) is 12.1 Å². The van der Waals surface area contributed by atoms with Crippen molar-refractivity contribution in [3.63, 3.8) is 0 Å². The van der Waals surface area contributed by atoms with Gasteiger partial charge in [-0.05, 0) is 46.5 Å². The topological polar surface area (TPSA) is 105 Å². The third kappa shape index (κ3) is 5.66. The molecule has 2 unspecified atom stereocenters. The molecule has 0 aromatic carbocycles. The molecule has 1 fully saturated rings. The summed E-state index contributed by atoms with van der Waals surface area (Å²) >= 11 is 0. The lowest BCUT2D eigenvalue weighted by molar-refractivity contribution is 0.0488. The minimum Gasteiger partial charge on any atom is -0.444 e. The first-order chi connectivity index (χ1) is 9.92. The van der Waals surface area contributed by atoms with E-state index in [0.29, 0.717) is 18.4 Å². The molecule has 0 aliphatic heterocycles. The van der Waals surface area contributed by atoms with Crippen LogP contribution in [0.25, 0.3) is 0 Å². The van der Waals surface area contributed by atoms with Crippen molar-refractivity contribution in [2.75, 3.05) is 0 Å². The van der Waals surface area contributed by atoms with Gasteiger partial charge in [-0.15, -0.1) is 10.2 Å². The maximum absolute atomic E-state index is 11.8. The van der Waals surface area contributed by atoms with E-state index in [2.05, 4.69) is 31.3 Å². The van der Waals surface area contributed by atoms with Gasteiger partial charge in [0.15, 0.2) is 5.82 Å². The minimum absolute atomic E-state index is 0.149. The van der Waals surface area contributed by atoms with Gasteiger partial charge < -0.3 is 15.4 Å². The van der Waals surface area contributed by atoms with Gasteiger partial charge in [0.05, 0.1) is 6.54 Å². The average Bonchev–Trinajstić information content (AvgIpc) is 2.87. The molecule has 8 heteroatoms. The van der Waals surface area contributed by atoms with Crippen molar-refractivity contribution < 1.29 is 9.53 Å². The molecule has 118 valence electrons. The first-order valence-electron chi connectivity index (χ1n) is 7.37. The van der Waals surface area contributed by atoms with Crippen molar-refractivity contribution in [3.8, 4) is 0 Å². The lowest BCUT2D eigenvalue weighted by Gasteiger charge is -2.31. The highest BCUT2D eigenvalue weighted by atomic mass is 16.6. The van der Waals surface area contributed by atoms with Gasteiger partial charge in [0.2, 0.25) is 0 Å². The molecule has 1 heterocycles. The Balaban J connectivity index is 1.74. The number of hydrogen-bond acceptors (Lipinski definition) is 6. The Bertz CT molecular complexity index is 442. The number of hydrogen-bond donors (Lipinski definition) is 3. The number of carbonyl (C=O) groups excluding carboxylic acids is 1. The van der Waals surface area contributed by atoms with Crippen LogP contribution in [0.2, 0.25) is 0 Å². The molecule has 1 aliphatic rings. The Hall–Kier alpha value is -1.70. The molecule has 8 nitrogen and oxygen atoms in total. The van der Waals surface area contributed by atoms with Gasteiger partial charge in [0.1, 0.15) is 5.60 Å². The number of aromatic amines is 1. The van der Waals surface area contributed by atoms with Crippen LogP contribution in [0.4, 0.5) is 4.79 Å². The molecule has 1 saturated carbocycles. The van der Waals surface area contributed by atoms with E-state index in [1.165, 1.54) is 0 Å². The van der Waals surface area contributed by atoms with Gasteiger partial charge in [-0.3, -0.25) is 0 Å². The summed E-state index contributed by atoms with van der Waals surface area (Å²) in [6, 6.07) is 0.494. The fraction of sp³-hybridized carbons (Fsp3) is 0.846. The van der Waals surface area contributed by atoms with Crippen molar-refractivity contribution in [2.45, 2.75) is 70.7 Å². The van der Waals surface area contributed by atoms with Crippen LogP contribution in [0.3, 0.4) is 0 Å². The van der Waals surface area contributed by atoms with Crippen molar-refractivity contribution in [3.05, 3.63) is 5.82 Å². The van der Waals surface area contributed by atoms with E-state index in [1.54, 1.807) is 0 Å². The Morgan fingerprint density at radius 2 is 2.14 bits per heavy atom. The van der Waals surface area contributed by atoms with Crippen LogP contribution in [0.1, 0.15) is 52.3 Å². The van der Waals surface area contributed by atoms with Crippen molar-refractivity contribution >= 4 is 6.09 Å². The number of amides is 1. The Morgan fingerprint density at radius 3 is 2.81 bits per heavy atom. The molecular weight excluding hydrogens is 272 g/mol. The molecule has 0 saturated heterocycles. The summed E-state index contributed by atoms with van der Waals surface area (Å²) in [7, 11) is 0. The fourth-order valence-electron chi connectivity index (χ4n) is 2.47. The van der Waals surface area contributed by atoms with Crippen LogP contribution in [-0.2, 0) is 11.3 Å². The predicted octanol–water partition coefficient (Wildman–Crippen LogP) is 1.13. The molecule has 2 rings (SSSR count). The number of aromatic nitrogens is 4. The molecule has 0 bridgehead atoms. The molecule has 1 amide bonds. The molecule has 0 radical (unpaired) electrons. The maximum Gasteiger partial charge on any atom is 0.407 e. The van der Waals surface area contributed by atoms with Gasteiger partial charge in [0.25, 0.3) is 0 Å². The lowest BCUT2D eigenvalue weighted by atomic mass is 9.91. The Morgan fingerprint density at radius 1 is 1.38 bits per heavy atom. The number of nitrogens with zero attached hydrogens (tertiary/aromatic N) is 3. The third-order valence-electron chi connectivity index (χ3n) is 3.33. The predicted molar refractivity (Wildman–Crippen MR) is 76.4 cm³/mol.